The summed E-state index contributed by atoms with van der Waals surface area (Å²) in [7, 11) is 1.55. The van der Waals surface area contributed by atoms with Crippen molar-refractivity contribution in [1.29, 1.82) is 0 Å². The molecule has 0 unspecified atom stereocenters. The standard InChI is InChI=1S/C23H22N6O3/c1-15-14-16(2)29(28-15)21-12-13-22(27-26-21)32-18-10-8-17(9-11-18)24-23(30)25-19-6-4-5-7-20(19)31-3/h4-14H,1-3H3,(H2,24,25,30). The third-order valence-corrected chi connectivity index (χ3v) is 4.54. The molecule has 4 aromatic rings. The minimum atomic E-state index is -0.381. The quantitative estimate of drug-likeness (QED) is 0.459. The van der Waals surface area contributed by atoms with Gasteiger partial charge in [0, 0.05) is 17.4 Å². The summed E-state index contributed by atoms with van der Waals surface area (Å²) in [4.78, 5) is 12.3. The van der Waals surface area contributed by atoms with Crippen molar-refractivity contribution in [3.8, 4) is 23.2 Å². The van der Waals surface area contributed by atoms with Crippen molar-refractivity contribution in [1.82, 2.24) is 20.0 Å². The molecule has 4 rings (SSSR count). The van der Waals surface area contributed by atoms with E-state index in [0.29, 0.717) is 34.6 Å². The summed E-state index contributed by atoms with van der Waals surface area (Å²) >= 11 is 0. The lowest BCUT2D eigenvalue weighted by atomic mass is 10.3. The van der Waals surface area contributed by atoms with Gasteiger partial charge in [-0.05, 0) is 62.4 Å². The lowest BCUT2D eigenvalue weighted by molar-refractivity contribution is 0.262. The Morgan fingerprint density at radius 2 is 1.72 bits per heavy atom. The number of hydrogen-bond acceptors (Lipinski definition) is 6. The number of urea groups is 1. The molecule has 0 aliphatic carbocycles. The van der Waals surface area contributed by atoms with E-state index in [1.165, 1.54) is 0 Å². The summed E-state index contributed by atoms with van der Waals surface area (Å²) < 4.78 is 12.7. The number of para-hydroxylation sites is 2. The van der Waals surface area contributed by atoms with Crippen molar-refractivity contribution in [3.63, 3.8) is 0 Å². The minimum Gasteiger partial charge on any atom is -0.495 e. The molecule has 2 amide bonds. The number of ether oxygens (including phenoxy) is 2. The van der Waals surface area contributed by atoms with Gasteiger partial charge >= 0.3 is 6.03 Å². The van der Waals surface area contributed by atoms with Crippen LogP contribution >= 0.6 is 0 Å². The lowest BCUT2D eigenvalue weighted by Crippen LogP contribution is -2.19. The van der Waals surface area contributed by atoms with E-state index in [1.807, 2.05) is 32.0 Å². The number of carbonyl (C=O) groups is 1. The normalized spacial score (nSPS) is 10.5. The van der Waals surface area contributed by atoms with Crippen LogP contribution in [0.3, 0.4) is 0 Å². The van der Waals surface area contributed by atoms with Crippen LogP contribution in [0.1, 0.15) is 11.4 Å². The van der Waals surface area contributed by atoms with E-state index in [1.54, 1.807) is 60.3 Å². The van der Waals surface area contributed by atoms with Crippen molar-refractivity contribution in [2.75, 3.05) is 17.7 Å². The average molecular weight is 430 g/mol. The molecule has 2 aromatic carbocycles. The molecule has 0 fully saturated rings. The van der Waals surface area contributed by atoms with Gasteiger partial charge in [0.05, 0.1) is 18.5 Å². The van der Waals surface area contributed by atoms with Crippen LogP contribution in [0.25, 0.3) is 5.82 Å². The Kier molecular flexibility index (Phi) is 5.98. The molecule has 0 aliphatic rings. The summed E-state index contributed by atoms with van der Waals surface area (Å²) in [6.07, 6.45) is 0. The van der Waals surface area contributed by atoms with E-state index in [2.05, 4.69) is 25.9 Å². The van der Waals surface area contributed by atoms with Gasteiger partial charge in [-0.3, -0.25) is 0 Å². The molecule has 0 aliphatic heterocycles. The van der Waals surface area contributed by atoms with Crippen LogP contribution in [0.4, 0.5) is 16.2 Å². The van der Waals surface area contributed by atoms with Gasteiger partial charge in [-0.25, -0.2) is 9.48 Å². The van der Waals surface area contributed by atoms with E-state index in [9.17, 15) is 4.79 Å². The van der Waals surface area contributed by atoms with Gasteiger partial charge in [0.15, 0.2) is 5.82 Å². The largest absolute Gasteiger partial charge is 0.495 e. The first-order valence-corrected chi connectivity index (χ1v) is 9.88. The van der Waals surface area contributed by atoms with Gasteiger partial charge in [0.25, 0.3) is 0 Å². The van der Waals surface area contributed by atoms with Crippen molar-refractivity contribution >= 4 is 17.4 Å². The maximum Gasteiger partial charge on any atom is 0.323 e. The summed E-state index contributed by atoms with van der Waals surface area (Å²) in [6.45, 7) is 3.88. The third kappa shape index (κ3) is 4.84. The van der Waals surface area contributed by atoms with E-state index < -0.39 is 0 Å². The fourth-order valence-corrected chi connectivity index (χ4v) is 3.10. The summed E-state index contributed by atoms with van der Waals surface area (Å²) in [6, 6.07) is 19.2. The molecule has 32 heavy (non-hydrogen) atoms. The number of benzene rings is 2. The Morgan fingerprint density at radius 3 is 2.38 bits per heavy atom. The maximum atomic E-state index is 12.3. The van der Waals surface area contributed by atoms with Gasteiger partial charge in [0.2, 0.25) is 5.88 Å². The smallest absolute Gasteiger partial charge is 0.323 e. The number of rotatable bonds is 6. The van der Waals surface area contributed by atoms with Gasteiger partial charge in [0.1, 0.15) is 11.5 Å². The monoisotopic (exact) mass is 430 g/mol. The van der Waals surface area contributed by atoms with Crippen LogP contribution in [0.2, 0.25) is 0 Å². The zero-order chi connectivity index (χ0) is 22.5. The Balaban J connectivity index is 1.36. The third-order valence-electron chi connectivity index (χ3n) is 4.54. The maximum absolute atomic E-state index is 12.3. The topological polar surface area (TPSA) is 103 Å². The van der Waals surface area contributed by atoms with Gasteiger partial charge in [-0.2, -0.15) is 5.10 Å². The highest BCUT2D eigenvalue weighted by molar-refractivity contribution is 6.00. The second kappa shape index (κ2) is 9.17. The highest BCUT2D eigenvalue weighted by Gasteiger charge is 2.09. The SMILES string of the molecule is COc1ccccc1NC(=O)Nc1ccc(Oc2ccc(-n3nc(C)cc3C)nn2)cc1. The predicted octanol–water partition coefficient (Wildman–Crippen LogP) is 4.72. The van der Waals surface area contributed by atoms with Gasteiger partial charge in [-0.15, -0.1) is 10.2 Å². The first-order valence-electron chi connectivity index (χ1n) is 9.88. The molecule has 2 N–H and O–H groups in total. The van der Waals surface area contributed by atoms with Crippen LogP contribution in [0.5, 0.6) is 17.4 Å². The highest BCUT2D eigenvalue weighted by atomic mass is 16.5. The number of methoxy groups -OCH3 is 1. The van der Waals surface area contributed by atoms with Crippen molar-refractivity contribution in [3.05, 3.63) is 78.1 Å². The fraction of sp³-hybridized carbons (Fsp3) is 0.130. The molecule has 0 radical (unpaired) electrons. The second-order valence-corrected chi connectivity index (χ2v) is 6.97. The van der Waals surface area contributed by atoms with Crippen molar-refractivity contribution in [2.45, 2.75) is 13.8 Å². The molecular formula is C23H22N6O3. The average Bonchev–Trinajstić information content (AvgIpc) is 3.14. The summed E-state index contributed by atoms with van der Waals surface area (Å²) in [5.74, 6) is 2.11. The Hall–Kier alpha value is -4.40. The van der Waals surface area contributed by atoms with Gasteiger partial charge < -0.3 is 20.1 Å². The molecule has 0 spiro atoms. The van der Waals surface area contributed by atoms with E-state index in [0.717, 1.165) is 11.4 Å². The number of hydrogen-bond donors (Lipinski definition) is 2. The molecule has 0 bridgehead atoms. The molecular weight excluding hydrogens is 408 g/mol. The van der Waals surface area contributed by atoms with Gasteiger partial charge in [-0.1, -0.05) is 12.1 Å². The van der Waals surface area contributed by atoms with Crippen LogP contribution in [0.15, 0.2) is 66.7 Å². The molecule has 0 saturated heterocycles. The molecule has 0 atom stereocenters. The Bertz CT molecular complexity index is 1220. The molecule has 9 heteroatoms. The van der Waals surface area contributed by atoms with Crippen LogP contribution in [0, 0.1) is 13.8 Å². The summed E-state index contributed by atoms with van der Waals surface area (Å²) in [5, 5.41) is 18.2. The number of carbonyl (C=O) groups excluding carboxylic acids is 1. The molecule has 9 nitrogen and oxygen atoms in total. The number of anilines is 2. The number of aromatic nitrogens is 4. The number of nitrogens with zero attached hydrogens (tertiary/aromatic N) is 4. The van der Waals surface area contributed by atoms with Crippen LogP contribution < -0.4 is 20.1 Å². The van der Waals surface area contributed by atoms with E-state index in [4.69, 9.17) is 9.47 Å². The van der Waals surface area contributed by atoms with E-state index in [-0.39, 0.29) is 6.03 Å². The Morgan fingerprint density at radius 1 is 0.938 bits per heavy atom. The number of amides is 2. The Labute approximate surface area is 185 Å². The molecule has 162 valence electrons. The minimum absolute atomic E-state index is 0.352. The first-order chi connectivity index (χ1) is 15.5. The predicted molar refractivity (Wildman–Crippen MR) is 121 cm³/mol. The highest BCUT2D eigenvalue weighted by Crippen LogP contribution is 2.24. The molecule has 2 heterocycles. The van der Waals surface area contributed by atoms with Crippen LogP contribution in [-0.2, 0) is 0 Å². The zero-order valence-corrected chi connectivity index (χ0v) is 17.9. The van der Waals surface area contributed by atoms with Crippen molar-refractivity contribution < 1.29 is 14.3 Å². The zero-order valence-electron chi connectivity index (χ0n) is 17.9. The fourth-order valence-electron chi connectivity index (χ4n) is 3.10. The molecule has 0 saturated carbocycles. The number of nitrogens with one attached hydrogen (secondary N) is 2. The molecule has 2 aromatic heterocycles. The van der Waals surface area contributed by atoms with Crippen molar-refractivity contribution in [2.24, 2.45) is 0 Å². The lowest BCUT2D eigenvalue weighted by Gasteiger charge is -2.11. The number of aryl methyl sites for hydroxylation is 2. The van der Waals surface area contributed by atoms with E-state index >= 15 is 0 Å². The first kappa shape index (κ1) is 20.9. The van der Waals surface area contributed by atoms with Crippen LogP contribution in [-0.4, -0.2) is 33.1 Å². The second-order valence-electron chi connectivity index (χ2n) is 6.97. The summed E-state index contributed by atoms with van der Waals surface area (Å²) in [5.41, 5.74) is 3.07.